The molecule has 0 spiro atoms. The first-order chi connectivity index (χ1) is 65.8. The first-order valence-corrected chi connectivity index (χ1v) is 47.7. The first-order valence-electron chi connectivity index (χ1n) is 47.7. The Labute approximate surface area is 808 Å². The van der Waals surface area contributed by atoms with E-state index in [1.807, 2.05) is 0 Å². The number of aryl methyl sites for hydroxylation is 16. The first kappa shape index (κ1) is 92.3. The van der Waals surface area contributed by atoms with Crippen LogP contribution in [0.25, 0.3) is 178 Å². The van der Waals surface area contributed by atoms with Gasteiger partial charge in [-0.15, -0.1) is 0 Å². The van der Waals surface area contributed by atoms with Crippen molar-refractivity contribution in [2.75, 3.05) is 0 Å². The van der Waals surface area contributed by atoms with Crippen molar-refractivity contribution in [3.8, 4) is 178 Å². The van der Waals surface area contributed by atoms with Gasteiger partial charge in [0.25, 0.3) is 0 Å². The standard InChI is InChI=1S/C40H34.2C34H30.C28H26/c1-27-5-11-33(12-6-27)37-23-9-29(3)25-39(37)35-19-15-31(16-20-35)32-17-21-36(22-18-32)40-26-30(4)10-24-38(40)34-13-7-28(2)8-14-34;1-23-5-9-27(10-6-23)32-20-33(28-11-7-24(2)8-12-28)22-34(21-32)30-15-13-29(14-16-30)31-18-25(3)17-26(4)19-31;1-23-7-5-9-29(16-23)33-20-32(21-34(22-33)30-10-6-8-24(2)17-30)28-13-11-27(12-14-28)31-18-25(3)15-26(4)19-31;1-19-5-11-23(12-6-19)27-17-21(3)9-15-25(27)26-16-10-22(4)18-28(26)24-13-7-20(2)8-14-24/h5-26H,1-4H3;2*5-22H,1-4H3;5-18H,1-4H3. The van der Waals surface area contributed by atoms with Gasteiger partial charge in [-0.25, -0.2) is 0 Å². The Morgan fingerprint density at radius 3 is 0.449 bits per heavy atom. The van der Waals surface area contributed by atoms with E-state index in [2.05, 4.69) is 548 Å². The van der Waals surface area contributed by atoms with E-state index in [0.29, 0.717) is 0 Å². The minimum absolute atomic E-state index is 1.22. The highest BCUT2D eigenvalue weighted by Crippen LogP contribution is 2.44. The lowest BCUT2D eigenvalue weighted by molar-refractivity contribution is 1.38. The lowest BCUT2D eigenvalue weighted by atomic mass is 9.87. The zero-order chi connectivity index (χ0) is 94.6. The molecular formula is C136H120. The molecule has 664 valence electrons. The fourth-order valence-corrected chi connectivity index (χ4v) is 18.6. The molecule has 0 saturated carbocycles. The molecule has 0 heterocycles. The maximum absolute atomic E-state index is 2.32. The summed E-state index contributed by atoms with van der Waals surface area (Å²) < 4.78 is 0. The van der Waals surface area contributed by atoms with E-state index in [9.17, 15) is 0 Å². The molecule has 0 nitrogen and oxygen atoms in total. The zero-order valence-electron chi connectivity index (χ0n) is 81.6. The monoisotopic (exact) mass is 1750 g/mol. The largest absolute Gasteiger partial charge is 0.0614 e. The Bertz CT molecular complexity index is 7210. The number of hydrogen-bond acceptors (Lipinski definition) is 0. The van der Waals surface area contributed by atoms with Crippen LogP contribution in [0.2, 0.25) is 0 Å². The van der Waals surface area contributed by atoms with Crippen molar-refractivity contribution in [3.05, 3.63) is 526 Å². The molecule has 0 aliphatic carbocycles. The lowest BCUT2D eigenvalue weighted by Crippen LogP contribution is -1.91. The molecule has 0 heteroatoms. The third-order valence-corrected chi connectivity index (χ3v) is 26.1. The second-order valence-electron chi connectivity index (χ2n) is 37.8. The summed E-state index contributed by atoms with van der Waals surface area (Å²) in [6.07, 6.45) is 0. The molecule has 20 aromatic rings. The highest BCUT2D eigenvalue weighted by atomic mass is 14.2. The molecule has 0 atom stereocenters. The summed E-state index contributed by atoms with van der Waals surface area (Å²) in [5.74, 6) is 0. The van der Waals surface area contributed by atoms with Crippen LogP contribution in [-0.2, 0) is 0 Å². The third-order valence-electron chi connectivity index (χ3n) is 26.1. The van der Waals surface area contributed by atoms with Gasteiger partial charge in [-0.05, 0) is 325 Å². The summed E-state index contributed by atoms with van der Waals surface area (Å²) >= 11 is 0. The molecule has 0 radical (unpaired) electrons. The van der Waals surface area contributed by atoms with Crippen molar-refractivity contribution >= 4 is 0 Å². The Kier molecular flexibility index (Phi) is 28.3. The van der Waals surface area contributed by atoms with Gasteiger partial charge in [0.15, 0.2) is 0 Å². The molecule has 0 aliphatic heterocycles. The van der Waals surface area contributed by atoms with Gasteiger partial charge in [-0.1, -0.05) is 489 Å². The van der Waals surface area contributed by atoms with E-state index in [4.69, 9.17) is 0 Å². The van der Waals surface area contributed by atoms with Crippen molar-refractivity contribution < 1.29 is 0 Å². The molecule has 0 saturated heterocycles. The van der Waals surface area contributed by atoms with Gasteiger partial charge in [0.1, 0.15) is 0 Å². The predicted molar refractivity (Wildman–Crippen MR) is 589 cm³/mol. The average molecular weight is 1750 g/mol. The van der Waals surface area contributed by atoms with Crippen molar-refractivity contribution in [3.63, 3.8) is 0 Å². The van der Waals surface area contributed by atoms with Gasteiger partial charge in [0, 0.05) is 0 Å². The van der Waals surface area contributed by atoms with E-state index in [1.165, 1.54) is 267 Å². The highest BCUT2D eigenvalue weighted by molar-refractivity contribution is 5.94. The van der Waals surface area contributed by atoms with Gasteiger partial charge >= 0.3 is 0 Å². The lowest BCUT2D eigenvalue weighted by Gasteiger charge is -2.16. The Balaban J connectivity index is 0.000000127. The fraction of sp³-hybridized carbons (Fsp3) is 0.118. The topological polar surface area (TPSA) is 0 Å². The summed E-state index contributed by atoms with van der Waals surface area (Å²) in [5, 5.41) is 0. The van der Waals surface area contributed by atoms with Crippen LogP contribution < -0.4 is 0 Å². The van der Waals surface area contributed by atoms with Crippen molar-refractivity contribution in [1.82, 2.24) is 0 Å². The van der Waals surface area contributed by atoms with Crippen LogP contribution in [0.3, 0.4) is 0 Å². The van der Waals surface area contributed by atoms with E-state index >= 15 is 0 Å². The van der Waals surface area contributed by atoms with Gasteiger partial charge in [-0.2, -0.15) is 0 Å². The number of benzene rings is 20. The molecule has 0 aromatic heterocycles. The summed E-state index contributed by atoms with van der Waals surface area (Å²) in [6.45, 7) is 34.4. The smallest absolute Gasteiger partial charge is 0.00990 e. The predicted octanol–water partition coefficient (Wildman–Crippen LogP) is 38.4. The SMILES string of the molecule is Cc1ccc(-c2cc(-c3ccc(C)cc3)cc(-c3ccc(-c4cc(C)cc(C)c4)cc3)c2)cc1.Cc1ccc(-c2cc(C)ccc2-c2ccc(C)cc2-c2ccc(C)cc2)cc1.Cc1ccc(-c2ccc(C)cc2-c2ccc(-c3ccc(-c4cc(C)ccc4-c4ccc(C)cc4)cc3)cc2)cc1.Cc1cccc(-c2cc(-c3ccc(-c4cc(C)cc(C)c4)cc3)cc(-c3cccc(C)c3)c2)c1. The van der Waals surface area contributed by atoms with E-state index < -0.39 is 0 Å². The van der Waals surface area contributed by atoms with Gasteiger partial charge in [-0.3, -0.25) is 0 Å². The van der Waals surface area contributed by atoms with Crippen molar-refractivity contribution in [2.45, 2.75) is 111 Å². The van der Waals surface area contributed by atoms with Gasteiger partial charge < -0.3 is 0 Å². The van der Waals surface area contributed by atoms with E-state index in [0.717, 1.165) is 0 Å². The van der Waals surface area contributed by atoms with E-state index in [-0.39, 0.29) is 0 Å². The Morgan fingerprint density at radius 1 is 0.0735 bits per heavy atom. The van der Waals surface area contributed by atoms with Crippen LogP contribution in [0.15, 0.2) is 437 Å². The van der Waals surface area contributed by atoms with E-state index in [1.54, 1.807) is 0 Å². The number of rotatable bonds is 16. The molecule has 136 heavy (non-hydrogen) atoms. The molecule has 0 amide bonds. The molecular weight excluding hydrogens is 1630 g/mol. The Morgan fingerprint density at radius 2 is 0.221 bits per heavy atom. The van der Waals surface area contributed by atoms with Crippen LogP contribution in [0, 0.1) is 111 Å². The van der Waals surface area contributed by atoms with Crippen molar-refractivity contribution in [1.29, 1.82) is 0 Å². The second-order valence-corrected chi connectivity index (χ2v) is 37.8. The molecule has 0 fully saturated rings. The molecule has 0 unspecified atom stereocenters. The van der Waals surface area contributed by atoms with Crippen LogP contribution in [0.5, 0.6) is 0 Å². The maximum atomic E-state index is 2.32. The molecule has 0 N–H and O–H groups in total. The van der Waals surface area contributed by atoms with Crippen LogP contribution in [-0.4, -0.2) is 0 Å². The highest BCUT2D eigenvalue weighted by Gasteiger charge is 2.19. The zero-order valence-corrected chi connectivity index (χ0v) is 81.6. The van der Waals surface area contributed by atoms with Crippen molar-refractivity contribution in [2.24, 2.45) is 0 Å². The minimum Gasteiger partial charge on any atom is -0.0614 e. The summed E-state index contributed by atoms with van der Waals surface area (Å²) in [6, 6.07) is 161. The molecule has 20 rings (SSSR count). The summed E-state index contributed by atoms with van der Waals surface area (Å²) in [5.41, 5.74) is 60.7. The second kappa shape index (κ2) is 41.7. The maximum Gasteiger partial charge on any atom is -0.00990 e. The quantitative estimate of drug-likeness (QED) is 0.0904. The van der Waals surface area contributed by atoms with Crippen LogP contribution >= 0.6 is 0 Å². The van der Waals surface area contributed by atoms with Gasteiger partial charge in [0.2, 0.25) is 0 Å². The third kappa shape index (κ3) is 22.7. The average Bonchev–Trinajstić information content (AvgIpc) is 0.779. The van der Waals surface area contributed by atoms with Crippen LogP contribution in [0.4, 0.5) is 0 Å². The fourth-order valence-electron chi connectivity index (χ4n) is 18.6. The minimum atomic E-state index is 1.22. The molecule has 0 bridgehead atoms. The summed E-state index contributed by atoms with van der Waals surface area (Å²) in [4.78, 5) is 0. The molecule has 0 aliphatic rings. The summed E-state index contributed by atoms with van der Waals surface area (Å²) in [7, 11) is 0. The van der Waals surface area contributed by atoms with Crippen LogP contribution in [0.1, 0.15) is 89.0 Å². The van der Waals surface area contributed by atoms with Gasteiger partial charge in [0.05, 0.1) is 0 Å². The molecule has 20 aromatic carbocycles. The normalized spacial score (nSPS) is 10.9. The Hall–Kier alpha value is -15.6. The number of hydrogen-bond donors (Lipinski definition) is 0.